The third-order valence-corrected chi connectivity index (χ3v) is 5.14. The van der Waals surface area contributed by atoms with E-state index in [1.165, 1.54) is 0 Å². The lowest BCUT2D eigenvalue weighted by Crippen LogP contribution is -2.63. The van der Waals surface area contributed by atoms with Crippen molar-refractivity contribution in [2.24, 2.45) is 0 Å². The number of morpholine rings is 1. The standard InChI is InChI=1S/C18H31N3O4/c1-2-3-7-15(14-22)19-16(23)18(8-5-4-6-9-18)20-17(24)21-10-12-25-13-11-21/h14-15H,2-13H2,1H3,(H,19,23)(H,20,24)/t15-/m0/s1. The molecule has 2 fully saturated rings. The third kappa shape index (κ3) is 5.42. The molecule has 7 nitrogen and oxygen atoms in total. The highest BCUT2D eigenvalue weighted by molar-refractivity contribution is 5.92. The van der Waals surface area contributed by atoms with E-state index in [0.29, 0.717) is 45.6 Å². The molecule has 0 aromatic carbocycles. The highest BCUT2D eigenvalue weighted by atomic mass is 16.5. The summed E-state index contributed by atoms with van der Waals surface area (Å²) in [7, 11) is 0. The molecular weight excluding hydrogens is 322 g/mol. The summed E-state index contributed by atoms with van der Waals surface area (Å²) in [4.78, 5) is 38.5. The van der Waals surface area contributed by atoms with Gasteiger partial charge in [-0.1, -0.05) is 39.0 Å². The maximum Gasteiger partial charge on any atom is 0.318 e. The van der Waals surface area contributed by atoms with Crippen molar-refractivity contribution in [3.63, 3.8) is 0 Å². The van der Waals surface area contributed by atoms with Crippen LogP contribution < -0.4 is 10.6 Å². The number of ether oxygens (including phenoxy) is 1. The molecule has 0 spiro atoms. The molecule has 1 saturated heterocycles. The number of carbonyl (C=O) groups is 3. The number of hydrogen-bond donors (Lipinski definition) is 2. The first kappa shape index (κ1) is 19.7. The lowest BCUT2D eigenvalue weighted by molar-refractivity contribution is -0.131. The Bertz CT molecular complexity index is 457. The van der Waals surface area contributed by atoms with Gasteiger partial charge in [0.2, 0.25) is 5.91 Å². The molecule has 1 aliphatic heterocycles. The third-order valence-electron chi connectivity index (χ3n) is 5.14. The van der Waals surface area contributed by atoms with E-state index < -0.39 is 11.6 Å². The second-order valence-electron chi connectivity index (χ2n) is 7.03. The van der Waals surface area contributed by atoms with Crippen molar-refractivity contribution in [3.05, 3.63) is 0 Å². The molecule has 1 heterocycles. The van der Waals surface area contributed by atoms with E-state index in [1.54, 1.807) is 4.90 Å². The van der Waals surface area contributed by atoms with Crippen LogP contribution in [-0.4, -0.2) is 61.0 Å². The van der Waals surface area contributed by atoms with Crippen LogP contribution >= 0.6 is 0 Å². The van der Waals surface area contributed by atoms with Crippen LogP contribution in [0.1, 0.15) is 58.3 Å². The molecule has 0 radical (unpaired) electrons. The van der Waals surface area contributed by atoms with Gasteiger partial charge in [0.15, 0.2) is 0 Å². The van der Waals surface area contributed by atoms with Crippen molar-refractivity contribution in [1.82, 2.24) is 15.5 Å². The number of unbranched alkanes of at least 4 members (excludes halogenated alkanes) is 1. The highest BCUT2D eigenvalue weighted by Crippen LogP contribution is 2.29. The minimum absolute atomic E-state index is 0.212. The van der Waals surface area contributed by atoms with Crippen molar-refractivity contribution in [2.45, 2.75) is 69.9 Å². The van der Waals surface area contributed by atoms with Crippen LogP contribution in [0.25, 0.3) is 0 Å². The first-order chi connectivity index (χ1) is 12.1. The summed E-state index contributed by atoms with van der Waals surface area (Å²) < 4.78 is 5.28. The number of nitrogens with one attached hydrogen (secondary N) is 2. The predicted octanol–water partition coefficient (Wildman–Crippen LogP) is 1.60. The number of urea groups is 1. The topological polar surface area (TPSA) is 87.7 Å². The van der Waals surface area contributed by atoms with E-state index >= 15 is 0 Å². The van der Waals surface area contributed by atoms with Crippen LogP contribution in [0.4, 0.5) is 4.79 Å². The van der Waals surface area contributed by atoms with Crippen molar-refractivity contribution >= 4 is 18.2 Å². The van der Waals surface area contributed by atoms with Gasteiger partial charge in [0.25, 0.3) is 0 Å². The van der Waals surface area contributed by atoms with Gasteiger partial charge in [-0.15, -0.1) is 0 Å². The lowest BCUT2D eigenvalue weighted by Gasteiger charge is -2.39. The molecule has 1 saturated carbocycles. The fraction of sp³-hybridized carbons (Fsp3) is 0.833. The number of aldehydes is 1. The van der Waals surface area contributed by atoms with Gasteiger partial charge in [-0.05, 0) is 19.3 Å². The van der Waals surface area contributed by atoms with E-state index in [4.69, 9.17) is 4.74 Å². The summed E-state index contributed by atoms with van der Waals surface area (Å²) in [6.45, 7) is 4.18. The summed E-state index contributed by atoms with van der Waals surface area (Å²) >= 11 is 0. The summed E-state index contributed by atoms with van der Waals surface area (Å²) in [5.74, 6) is -0.220. The zero-order valence-electron chi connectivity index (χ0n) is 15.2. The minimum Gasteiger partial charge on any atom is -0.378 e. The monoisotopic (exact) mass is 353 g/mol. The number of hydrogen-bond acceptors (Lipinski definition) is 4. The zero-order valence-corrected chi connectivity index (χ0v) is 15.2. The number of carbonyl (C=O) groups excluding carboxylic acids is 3. The van der Waals surface area contributed by atoms with E-state index in [1.807, 2.05) is 0 Å². The normalized spacial score (nSPS) is 21.2. The summed E-state index contributed by atoms with van der Waals surface area (Å²) in [5, 5.41) is 5.85. The van der Waals surface area contributed by atoms with Crippen LogP contribution in [0.3, 0.4) is 0 Å². The van der Waals surface area contributed by atoms with Gasteiger partial charge in [-0.2, -0.15) is 0 Å². The molecule has 2 N–H and O–H groups in total. The lowest BCUT2D eigenvalue weighted by atomic mass is 9.80. The Balaban J connectivity index is 2.03. The first-order valence-electron chi connectivity index (χ1n) is 9.52. The quantitative estimate of drug-likeness (QED) is 0.681. The number of nitrogens with zero attached hydrogens (tertiary/aromatic N) is 1. The smallest absolute Gasteiger partial charge is 0.318 e. The fourth-order valence-corrected chi connectivity index (χ4v) is 3.52. The summed E-state index contributed by atoms with van der Waals surface area (Å²) in [6.07, 6.45) is 7.40. The molecular formula is C18H31N3O4. The van der Waals surface area contributed by atoms with Gasteiger partial charge in [0.05, 0.1) is 19.3 Å². The molecule has 25 heavy (non-hydrogen) atoms. The van der Waals surface area contributed by atoms with Gasteiger partial charge in [-0.25, -0.2) is 4.79 Å². The largest absolute Gasteiger partial charge is 0.378 e. The number of rotatable bonds is 7. The Morgan fingerprint density at radius 2 is 1.88 bits per heavy atom. The van der Waals surface area contributed by atoms with Gasteiger partial charge in [0.1, 0.15) is 11.8 Å². The SMILES string of the molecule is CCCC[C@@H](C=O)NC(=O)C1(NC(=O)N2CCOCC2)CCCCC1. The fourth-order valence-electron chi connectivity index (χ4n) is 3.52. The summed E-state index contributed by atoms with van der Waals surface area (Å²) in [6, 6.07) is -0.692. The van der Waals surface area contributed by atoms with E-state index in [9.17, 15) is 14.4 Å². The Morgan fingerprint density at radius 1 is 1.20 bits per heavy atom. The maximum absolute atomic E-state index is 12.9. The second-order valence-corrected chi connectivity index (χ2v) is 7.03. The molecule has 0 aromatic rings. The van der Waals surface area contributed by atoms with E-state index in [2.05, 4.69) is 17.6 Å². The molecule has 2 rings (SSSR count). The van der Waals surface area contributed by atoms with Crippen molar-refractivity contribution < 1.29 is 19.1 Å². The molecule has 1 atom stereocenters. The molecule has 2 aliphatic rings. The van der Waals surface area contributed by atoms with E-state index in [-0.39, 0.29) is 11.9 Å². The Kier molecular flexibility index (Phi) is 7.68. The van der Waals surface area contributed by atoms with Gasteiger partial charge in [0, 0.05) is 13.1 Å². The summed E-state index contributed by atoms with van der Waals surface area (Å²) in [5.41, 5.74) is -0.902. The highest BCUT2D eigenvalue weighted by Gasteiger charge is 2.42. The second kappa shape index (κ2) is 9.75. The van der Waals surface area contributed by atoms with Crippen molar-refractivity contribution in [3.8, 4) is 0 Å². The van der Waals surface area contributed by atoms with Gasteiger partial charge >= 0.3 is 6.03 Å². The number of amides is 3. The average Bonchev–Trinajstić information content (AvgIpc) is 2.66. The van der Waals surface area contributed by atoms with Crippen LogP contribution in [0.5, 0.6) is 0 Å². The first-order valence-corrected chi connectivity index (χ1v) is 9.52. The van der Waals surface area contributed by atoms with Crippen LogP contribution in [0.2, 0.25) is 0 Å². The Labute approximate surface area is 149 Å². The molecule has 3 amide bonds. The minimum atomic E-state index is -0.902. The van der Waals surface area contributed by atoms with Gasteiger partial charge in [-0.3, -0.25) is 4.79 Å². The van der Waals surface area contributed by atoms with Crippen molar-refractivity contribution in [1.29, 1.82) is 0 Å². The van der Waals surface area contributed by atoms with E-state index in [0.717, 1.165) is 38.4 Å². The molecule has 7 heteroatoms. The molecule has 0 bridgehead atoms. The van der Waals surface area contributed by atoms with Crippen LogP contribution in [-0.2, 0) is 14.3 Å². The molecule has 1 aliphatic carbocycles. The average molecular weight is 353 g/mol. The van der Waals surface area contributed by atoms with Crippen LogP contribution in [0.15, 0.2) is 0 Å². The molecule has 0 aromatic heterocycles. The van der Waals surface area contributed by atoms with Gasteiger partial charge < -0.3 is 25.1 Å². The Morgan fingerprint density at radius 3 is 2.48 bits per heavy atom. The van der Waals surface area contributed by atoms with Crippen molar-refractivity contribution in [2.75, 3.05) is 26.3 Å². The molecule has 0 unspecified atom stereocenters. The zero-order chi connectivity index (χ0) is 18.1. The maximum atomic E-state index is 12.9. The van der Waals surface area contributed by atoms with Crippen LogP contribution in [0, 0.1) is 0 Å². The predicted molar refractivity (Wildman–Crippen MR) is 94.3 cm³/mol. The Hall–Kier alpha value is -1.63. The molecule has 142 valence electrons.